The molecule has 0 atom stereocenters. The third kappa shape index (κ3) is 4.96. The van der Waals surface area contributed by atoms with Crippen molar-refractivity contribution in [2.24, 2.45) is 0 Å². The molecule has 0 amide bonds. The van der Waals surface area contributed by atoms with Crippen LogP contribution in [0, 0.1) is 0 Å². The fraction of sp³-hybridized carbons (Fsp3) is 0.571. The van der Waals surface area contributed by atoms with Gasteiger partial charge in [-0.1, -0.05) is 6.07 Å². The summed E-state index contributed by atoms with van der Waals surface area (Å²) in [5, 5.41) is 8.62. The van der Waals surface area contributed by atoms with E-state index in [-0.39, 0.29) is 6.42 Å². The van der Waals surface area contributed by atoms with E-state index < -0.39 is 5.97 Å². The second-order valence-corrected chi connectivity index (χ2v) is 4.98. The van der Waals surface area contributed by atoms with Crippen molar-refractivity contribution in [3.05, 3.63) is 30.1 Å². The Morgan fingerprint density at radius 1 is 1.26 bits per heavy atom. The molecule has 1 aromatic rings. The first-order valence-electron chi connectivity index (χ1n) is 6.79. The van der Waals surface area contributed by atoms with Crippen LogP contribution in [0.4, 0.5) is 0 Å². The average molecular weight is 263 g/mol. The van der Waals surface area contributed by atoms with Gasteiger partial charge >= 0.3 is 5.97 Å². The Labute approximate surface area is 113 Å². The number of hydrogen-bond donors (Lipinski definition) is 1. The highest BCUT2D eigenvalue weighted by atomic mass is 16.4. The van der Waals surface area contributed by atoms with Crippen LogP contribution in [0.1, 0.15) is 18.4 Å². The van der Waals surface area contributed by atoms with Crippen molar-refractivity contribution in [1.82, 2.24) is 14.8 Å². The van der Waals surface area contributed by atoms with Gasteiger partial charge in [-0.25, -0.2) is 0 Å². The van der Waals surface area contributed by atoms with Crippen LogP contribution >= 0.6 is 0 Å². The van der Waals surface area contributed by atoms with Gasteiger partial charge in [-0.15, -0.1) is 0 Å². The van der Waals surface area contributed by atoms with Crippen LogP contribution in [0.3, 0.4) is 0 Å². The molecule has 5 heteroatoms. The molecule has 19 heavy (non-hydrogen) atoms. The molecule has 5 nitrogen and oxygen atoms in total. The topological polar surface area (TPSA) is 56.7 Å². The van der Waals surface area contributed by atoms with E-state index in [1.54, 1.807) is 6.20 Å². The summed E-state index contributed by atoms with van der Waals surface area (Å²) in [7, 11) is 0. The molecule has 0 aliphatic carbocycles. The Kier molecular flexibility index (Phi) is 5.30. The van der Waals surface area contributed by atoms with E-state index in [2.05, 4.69) is 20.9 Å². The highest BCUT2D eigenvalue weighted by molar-refractivity contribution is 5.66. The maximum atomic E-state index is 10.5. The van der Waals surface area contributed by atoms with Crippen molar-refractivity contribution in [1.29, 1.82) is 0 Å². The van der Waals surface area contributed by atoms with Gasteiger partial charge in [0.1, 0.15) is 0 Å². The van der Waals surface area contributed by atoms with Gasteiger partial charge in [-0.2, -0.15) is 0 Å². The van der Waals surface area contributed by atoms with Gasteiger partial charge in [0.25, 0.3) is 0 Å². The van der Waals surface area contributed by atoms with Gasteiger partial charge in [-0.05, 0) is 24.6 Å². The van der Waals surface area contributed by atoms with E-state index in [1.807, 2.05) is 12.3 Å². The minimum atomic E-state index is -0.699. The standard InChI is InChI=1S/C14H21N3O2/c18-14(19)4-2-6-16-7-9-17(10-8-16)12-13-3-1-5-15-11-13/h1,3,5,11H,2,4,6-10,12H2,(H,18,19). The first-order chi connectivity index (χ1) is 9.24. The molecule has 0 unspecified atom stereocenters. The van der Waals surface area contributed by atoms with Gasteiger partial charge in [0, 0.05) is 51.5 Å². The highest BCUT2D eigenvalue weighted by Crippen LogP contribution is 2.08. The molecule has 0 saturated carbocycles. The Morgan fingerprint density at radius 3 is 2.63 bits per heavy atom. The van der Waals surface area contributed by atoms with E-state index in [9.17, 15) is 4.79 Å². The van der Waals surface area contributed by atoms with Crippen LogP contribution in [0.2, 0.25) is 0 Å². The molecule has 2 heterocycles. The summed E-state index contributed by atoms with van der Waals surface area (Å²) in [6.07, 6.45) is 4.73. The largest absolute Gasteiger partial charge is 0.481 e. The maximum Gasteiger partial charge on any atom is 0.303 e. The van der Waals surface area contributed by atoms with Crippen molar-refractivity contribution in [2.45, 2.75) is 19.4 Å². The number of aromatic nitrogens is 1. The zero-order chi connectivity index (χ0) is 13.5. The number of hydrogen-bond acceptors (Lipinski definition) is 4. The van der Waals surface area contributed by atoms with Crippen LogP contribution in [-0.4, -0.2) is 58.6 Å². The fourth-order valence-corrected chi connectivity index (χ4v) is 2.37. The molecule has 1 saturated heterocycles. The average Bonchev–Trinajstić information content (AvgIpc) is 2.42. The zero-order valence-electron chi connectivity index (χ0n) is 11.2. The number of pyridine rings is 1. The predicted molar refractivity (Wildman–Crippen MR) is 72.8 cm³/mol. The van der Waals surface area contributed by atoms with Gasteiger partial charge in [0.05, 0.1) is 0 Å². The van der Waals surface area contributed by atoms with Crippen molar-refractivity contribution in [3.63, 3.8) is 0 Å². The molecule has 1 fully saturated rings. The number of carboxylic acids is 1. The van der Waals surface area contributed by atoms with E-state index >= 15 is 0 Å². The highest BCUT2D eigenvalue weighted by Gasteiger charge is 2.16. The normalized spacial score (nSPS) is 17.5. The number of nitrogens with zero attached hydrogens (tertiary/aromatic N) is 3. The maximum absolute atomic E-state index is 10.5. The van der Waals surface area contributed by atoms with Gasteiger partial charge < -0.3 is 10.0 Å². The molecular formula is C14H21N3O2. The van der Waals surface area contributed by atoms with E-state index in [0.717, 1.165) is 45.7 Å². The first kappa shape index (κ1) is 14.0. The summed E-state index contributed by atoms with van der Waals surface area (Å²) in [4.78, 5) is 19.4. The minimum absolute atomic E-state index is 0.274. The lowest BCUT2D eigenvalue weighted by molar-refractivity contribution is -0.137. The zero-order valence-corrected chi connectivity index (χ0v) is 11.2. The van der Waals surface area contributed by atoms with Crippen molar-refractivity contribution < 1.29 is 9.90 Å². The number of aliphatic carboxylic acids is 1. The summed E-state index contributed by atoms with van der Waals surface area (Å²) < 4.78 is 0. The number of carboxylic acid groups (broad SMARTS) is 1. The molecule has 0 bridgehead atoms. The summed E-state index contributed by atoms with van der Waals surface area (Å²) >= 11 is 0. The third-order valence-corrected chi connectivity index (χ3v) is 3.46. The minimum Gasteiger partial charge on any atom is -0.481 e. The predicted octanol–water partition coefficient (Wildman–Crippen LogP) is 1.06. The van der Waals surface area contributed by atoms with E-state index in [4.69, 9.17) is 5.11 Å². The molecule has 0 radical (unpaired) electrons. The molecule has 1 N–H and O–H groups in total. The van der Waals surface area contributed by atoms with Crippen LogP contribution in [-0.2, 0) is 11.3 Å². The lowest BCUT2D eigenvalue weighted by atomic mass is 10.2. The second-order valence-electron chi connectivity index (χ2n) is 4.98. The van der Waals surface area contributed by atoms with Crippen LogP contribution in [0.5, 0.6) is 0 Å². The van der Waals surface area contributed by atoms with Crippen LogP contribution in [0.15, 0.2) is 24.5 Å². The lowest BCUT2D eigenvalue weighted by Crippen LogP contribution is -2.46. The first-order valence-corrected chi connectivity index (χ1v) is 6.79. The molecule has 1 aliphatic rings. The fourth-order valence-electron chi connectivity index (χ4n) is 2.37. The van der Waals surface area contributed by atoms with Gasteiger partial charge in [-0.3, -0.25) is 14.7 Å². The lowest BCUT2D eigenvalue weighted by Gasteiger charge is -2.34. The SMILES string of the molecule is O=C(O)CCCN1CCN(Cc2cccnc2)CC1. The van der Waals surface area contributed by atoms with Crippen LogP contribution < -0.4 is 0 Å². The Morgan fingerprint density at radius 2 is 2.00 bits per heavy atom. The quantitative estimate of drug-likeness (QED) is 0.832. The summed E-state index contributed by atoms with van der Waals surface area (Å²) in [5.74, 6) is -0.699. The molecule has 2 rings (SSSR count). The number of carbonyl (C=O) groups is 1. The van der Waals surface area contributed by atoms with Gasteiger partial charge in [0.2, 0.25) is 0 Å². The monoisotopic (exact) mass is 263 g/mol. The van der Waals surface area contributed by atoms with Crippen LogP contribution in [0.25, 0.3) is 0 Å². The molecule has 0 aromatic carbocycles. The molecule has 1 aliphatic heterocycles. The molecular weight excluding hydrogens is 242 g/mol. The van der Waals surface area contributed by atoms with Crippen molar-refractivity contribution >= 4 is 5.97 Å². The van der Waals surface area contributed by atoms with Crippen molar-refractivity contribution in [3.8, 4) is 0 Å². The Bertz CT molecular complexity index is 389. The molecule has 104 valence electrons. The number of rotatable bonds is 6. The third-order valence-electron chi connectivity index (χ3n) is 3.46. The Hall–Kier alpha value is -1.46. The van der Waals surface area contributed by atoms with Gasteiger partial charge in [0.15, 0.2) is 0 Å². The summed E-state index contributed by atoms with van der Waals surface area (Å²) in [6.45, 7) is 5.99. The second kappa shape index (κ2) is 7.21. The van der Waals surface area contributed by atoms with E-state index in [1.165, 1.54) is 5.56 Å². The number of piperazine rings is 1. The molecule has 0 spiro atoms. The van der Waals surface area contributed by atoms with Crippen molar-refractivity contribution in [2.75, 3.05) is 32.7 Å². The Balaban J connectivity index is 1.66. The summed E-state index contributed by atoms with van der Waals surface area (Å²) in [5.41, 5.74) is 1.25. The smallest absolute Gasteiger partial charge is 0.303 e. The molecule has 1 aromatic heterocycles. The summed E-state index contributed by atoms with van der Waals surface area (Å²) in [6, 6.07) is 4.07. The van der Waals surface area contributed by atoms with E-state index in [0.29, 0.717) is 0 Å².